The molecule has 1 unspecified atom stereocenters. The third kappa shape index (κ3) is 8.04. The molecule has 0 aromatic rings. The fourth-order valence-corrected chi connectivity index (χ4v) is 1.66. The fourth-order valence-electron chi connectivity index (χ4n) is 0.816. The molecule has 11 heavy (non-hydrogen) atoms. The Morgan fingerprint density at radius 3 is 2.45 bits per heavy atom. The number of ether oxygens (including phenoxy) is 1. The molecule has 0 aliphatic heterocycles. The number of hydrogen-bond donors (Lipinski definition) is 0. The highest BCUT2D eigenvalue weighted by molar-refractivity contribution is 6.48. The van der Waals surface area contributed by atoms with Gasteiger partial charge in [0.1, 0.15) is 6.29 Å². The van der Waals surface area contributed by atoms with Crippen LogP contribution in [0.25, 0.3) is 0 Å². The molecule has 3 heteroatoms. The molecule has 0 bridgehead atoms. The van der Waals surface area contributed by atoms with E-state index >= 15 is 0 Å². The molecule has 0 aliphatic rings. The molecule has 1 atom stereocenters. The minimum atomic E-state index is -0.905. The maximum Gasteiger partial charge on any atom is 0.174 e. The van der Waals surface area contributed by atoms with Gasteiger partial charge in [-0.05, 0) is 26.4 Å². The van der Waals surface area contributed by atoms with E-state index in [0.717, 1.165) is 13.0 Å². The van der Waals surface area contributed by atoms with Crippen molar-refractivity contribution in [3.05, 3.63) is 0 Å². The SMILES string of the molecule is CCCCOC(C)O[SiH](C)C. The lowest BCUT2D eigenvalue weighted by atomic mass is 10.4. The Morgan fingerprint density at radius 2 is 2.00 bits per heavy atom. The summed E-state index contributed by atoms with van der Waals surface area (Å²) in [5.74, 6) is 0. The van der Waals surface area contributed by atoms with Crippen LogP contribution in [0.4, 0.5) is 0 Å². The van der Waals surface area contributed by atoms with Crippen LogP contribution < -0.4 is 0 Å². The number of unbranched alkanes of at least 4 members (excludes halogenated alkanes) is 1. The molecule has 2 nitrogen and oxygen atoms in total. The molecule has 0 spiro atoms. The quantitative estimate of drug-likeness (QED) is 0.351. The normalized spacial score (nSPS) is 13.9. The minimum absolute atomic E-state index is 0.00761. The van der Waals surface area contributed by atoms with Gasteiger partial charge in [0.2, 0.25) is 0 Å². The molecule has 0 saturated heterocycles. The first-order valence-electron chi connectivity index (χ1n) is 4.43. The Balaban J connectivity index is 3.15. The predicted octanol–water partition coefficient (Wildman–Crippen LogP) is 2.15. The Kier molecular flexibility index (Phi) is 6.91. The van der Waals surface area contributed by atoms with Gasteiger partial charge in [-0.3, -0.25) is 0 Å². The molecule has 0 amide bonds. The molecule has 68 valence electrons. The van der Waals surface area contributed by atoms with Crippen LogP contribution in [0, 0.1) is 0 Å². The van der Waals surface area contributed by atoms with Crippen molar-refractivity contribution in [1.29, 1.82) is 0 Å². The Morgan fingerprint density at radius 1 is 1.36 bits per heavy atom. The van der Waals surface area contributed by atoms with Gasteiger partial charge in [0.05, 0.1) is 0 Å². The molecule has 0 aromatic heterocycles. The van der Waals surface area contributed by atoms with Crippen molar-refractivity contribution in [1.82, 2.24) is 0 Å². The lowest BCUT2D eigenvalue weighted by Gasteiger charge is -2.15. The van der Waals surface area contributed by atoms with Gasteiger partial charge in [-0.15, -0.1) is 0 Å². The second-order valence-corrected chi connectivity index (χ2v) is 5.35. The zero-order valence-corrected chi connectivity index (χ0v) is 9.25. The van der Waals surface area contributed by atoms with Gasteiger partial charge in [-0.2, -0.15) is 0 Å². The van der Waals surface area contributed by atoms with E-state index in [-0.39, 0.29) is 6.29 Å². The third-order valence-electron chi connectivity index (χ3n) is 1.31. The van der Waals surface area contributed by atoms with Gasteiger partial charge in [0.15, 0.2) is 9.04 Å². The van der Waals surface area contributed by atoms with Gasteiger partial charge in [0.25, 0.3) is 0 Å². The highest BCUT2D eigenvalue weighted by Crippen LogP contribution is 1.98. The van der Waals surface area contributed by atoms with Gasteiger partial charge >= 0.3 is 0 Å². The van der Waals surface area contributed by atoms with Crippen molar-refractivity contribution in [3.8, 4) is 0 Å². The lowest BCUT2D eigenvalue weighted by molar-refractivity contribution is -0.0691. The zero-order valence-electron chi connectivity index (χ0n) is 8.09. The maximum atomic E-state index is 5.51. The summed E-state index contributed by atoms with van der Waals surface area (Å²) in [6, 6.07) is 0. The second-order valence-electron chi connectivity index (χ2n) is 2.98. The van der Waals surface area contributed by atoms with E-state index in [1.165, 1.54) is 6.42 Å². The summed E-state index contributed by atoms with van der Waals surface area (Å²) in [6.45, 7) is 9.27. The van der Waals surface area contributed by atoms with Crippen LogP contribution in [-0.4, -0.2) is 21.9 Å². The summed E-state index contributed by atoms with van der Waals surface area (Å²) in [7, 11) is -0.905. The average Bonchev–Trinajstić information content (AvgIpc) is 1.86. The van der Waals surface area contributed by atoms with E-state index < -0.39 is 9.04 Å². The molecule has 0 rings (SSSR count). The van der Waals surface area contributed by atoms with Crippen molar-refractivity contribution in [2.45, 2.75) is 46.1 Å². The Bertz CT molecular complexity index is 86.2. The van der Waals surface area contributed by atoms with Crippen molar-refractivity contribution >= 4 is 9.04 Å². The van der Waals surface area contributed by atoms with E-state index in [9.17, 15) is 0 Å². The standard InChI is InChI=1S/C8H20O2Si/c1-5-6-7-9-8(2)10-11(3)4/h8,11H,5-7H2,1-4H3. The van der Waals surface area contributed by atoms with Gasteiger partial charge in [0, 0.05) is 6.61 Å². The summed E-state index contributed by atoms with van der Waals surface area (Å²) in [5, 5.41) is 0. The third-order valence-corrected chi connectivity index (χ3v) is 2.24. The minimum Gasteiger partial charge on any atom is -0.396 e. The molecule has 0 heterocycles. The summed E-state index contributed by atoms with van der Waals surface area (Å²) in [4.78, 5) is 0. The van der Waals surface area contributed by atoms with Crippen LogP contribution in [-0.2, 0) is 9.16 Å². The monoisotopic (exact) mass is 176 g/mol. The summed E-state index contributed by atoms with van der Waals surface area (Å²) in [5.41, 5.74) is 0. The highest BCUT2D eigenvalue weighted by atomic mass is 28.3. The largest absolute Gasteiger partial charge is 0.396 e. The molecule has 0 fully saturated rings. The first kappa shape index (κ1) is 11.1. The van der Waals surface area contributed by atoms with Crippen molar-refractivity contribution in [2.24, 2.45) is 0 Å². The molecule has 0 saturated carbocycles. The van der Waals surface area contributed by atoms with Crippen LogP contribution in [0.3, 0.4) is 0 Å². The van der Waals surface area contributed by atoms with Gasteiger partial charge in [-0.25, -0.2) is 0 Å². The van der Waals surface area contributed by atoms with E-state index in [2.05, 4.69) is 20.0 Å². The second kappa shape index (κ2) is 6.82. The van der Waals surface area contributed by atoms with Crippen molar-refractivity contribution < 1.29 is 9.16 Å². The van der Waals surface area contributed by atoms with Crippen LogP contribution in [0.15, 0.2) is 0 Å². The molecule has 0 N–H and O–H groups in total. The molecule has 0 aromatic carbocycles. The first-order chi connectivity index (χ1) is 5.16. The van der Waals surface area contributed by atoms with Gasteiger partial charge < -0.3 is 9.16 Å². The van der Waals surface area contributed by atoms with E-state index in [1.807, 2.05) is 6.92 Å². The predicted molar refractivity (Wildman–Crippen MR) is 50.3 cm³/mol. The highest BCUT2D eigenvalue weighted by Gasteiger charge is 2.03. The first-order valence-corrected chi connectivity index (χ1v) is 7.22. The zero-order chi connectivity index (χ0) is 8.69. The average molecular weight is 176 g/mol. The fraction of sp³-hybridized carbons (Fsp3) is 1.00. The van der Waals surface area contributed by atoms with Gasteiger partial charge in [-0.1, -0.05) is 13.3 Å². The maximum absolute atomic E-state index is 5.51. The summed E-state index contributed by atoms with van der Waals surface area (Å²) >= 11 is 0. The van der Waals surface area contributed by atoms with E-state index in [1.54, 1.807) is 0 Å². The topological polar surface area (TPSA) is 18.5 Å². The van der Waals surface area contributed by atoms with Crippen LogP contribution in [0.1, 0.15) is 26.7 Å². The molecular weight excluding hydrogens is 156 g/mol. The summed E-state index contributed by atoms with van der Waals surface area (Å²) in [6.07, 6.45) is 2.33. The Labute approximate surface area is 71.6 Å². The van der Waals surface area contributed by atoms with E-state index in [0.29, 0.717) is 0 Å². The summed E-state index contributed by atoms with van der Waals surface area (Å²) < 4.78 is 10.9. The number of hydrogen-bond acceptors (Lipinski definition) is 2. The molecule has 0 aliphatic carbocycles. The van der Waals surface area contributed by atoms with Crippen molar-refractivity contribution in [2.75, 3.05) is 6.61 Å². The smallest absolute Gasteiger partial charge is 0.174 e. The van der Waals surface area contributed by atoms with Crippen molar-refractivity contribution in [3.63, 3.8) is 0 Å². The number of rotatable bonds is 6. The van der Waals surface area contributed by atoms with Crippen LogP contribution in [0.2, 0.25) is 13.1 Å². The molecular formula is C8H20O2Si. The lowest BCUT2D eigenvalue weighted by Crippen LogP contribution is -2.20. The molecule has 0 radical (unpaired) electrons. The van der Waals surface area contributed by atoms with Crippen LogP contribution >= 0.6 is 0 Å². The van der Waals surface area contributed by atoms with E-state index in [4.69, 9.17) is 9.16 Å². The van der Waals surface area contributed by atoms with Crippen LogP contribution in [0.5, 0.6) is 0 Å². The Hall–Kier alpha value is 0.137.